The van der Waals surface area contributed by atoms with E-state index in [1.54, 1.807) is 10.9 Å². The molecule has 0 atom stereocenters. The van der Waals surface area contributed by atoms with Gasteiger partial charge in [0.25, 0.3) is 0 Å². The van der Waals surface area contributed by atoms with Gasteiger partial charge < -0.3 is 0 Å². The van der Waals surface area contributed by atoms with Gasteiger partial charge in [-0.25, -0.2) is 4.68 Å². The Morgan fingerprint density at radius 2 is 2.17 bits per heavy atom. The van der Waals surface area contributed by atoms with Gasteiger partial charge in [0.1, 0.15) is 0 Å². The number of rotatable bonds is 1. The highest BCUT2D eigenvalue weighted by molar-refractivity contribution is 7.97. The summed E-state index contributed by atoms with van der Waals surface area (Å²) in [4.78, 5) is 10.7. The molecule has 0 saturated carbocycles. The van der Waals surface area contributed by atoms with E-state index in [1.807, 2.05) is 20.8 Å². The highest BCUT2D eigenvalue weighted by Crippen LogP contribution is 2.12. The Kier molecular flexibility index (Phi) is 2.23. The monoisotopic (exact) mass is 185 g/mol. The first kappa shape index (κ1) is 9.25. The van der Waals surface area contributed by atoms with Crippen molar-refractivity contribution < 1.29 is 4.79 Å². The quantitative estimate of drug-likeness (QED) is 0.666. The SMILES string of the molecule is CC(C)(C)n1cc(C(=O)S)nn1. The lowest BCUT2D eigenvalue weighted by Crippen LogP contribution is -2.22. The van der Waals surface area contributed by atoms with E-state index < -0.39 is 0 Å². The van der Waals surface area contributed by atoms with Gasteiger partial charge in [-0.15, -0.1) is 5.10 Å². The predicted octanol–water partition coefficient (Wildman–Crippen LogP) is 1.10. The standard InChI is InChI=1S/C7H11N3OS/c1-7(2,3)10-4-5(6(11)12)8-9-10/h4H,1-3H3,(H,11,12). The normalized spacial score (nSPS) is 11.7. The van der Waals surface area contributed by atoms with Crippen LogP contribution in [0, 0.1) is 0 Å². The minimum Gasteiger partial charge on any atom is -0.280 e. The van der Waals surface area contributed by atoms with E-state index in [0.29, 0.717) is 0 Å². The summed E-state index contributed by atoms with van der Waals surface area (Å²) in [5.74, 6) is 0. The lowest BCUT2D eigenvalue weighted by molar-refractivity contribution is 0.108. The summed E-state index contributed by atoms with van der Waals surface area (Å²) in [6, 6.07) is 0. The fourth-order valence-electron chi connectivity index (χ4n) is 0.690. The van der Waals surface area contributed by atoms with E-state index in [-0.39, 0.29) is 16.3 Å². The molecule has 0 fully saturated rings. The fraction of sp³-hybridized carbons (Fsp3) is 0.571. The molecule has 0 unspecified atom stereocenters. The number of carbonyl (C=O) groups is 1. The van der Waals surface area contributed by atoms with E-state index >= 15 is 0 Å². The maximum atomic E-state index is 10.7. The van der Waals surface area contributed by atoms with Gasteiger partial charge in [-0.2, -0.15) is 0 Å². The second-order valence-electron chi connectivity index (χ2n) is 3.52. The number of aromatic nitrogens is 3. The Balaban J connectivity index is 3.00. The molecule has 0 aromatic carbocycles. The van der Waals surface area contributed by atoms with Gasteiger partial charge in [0, 0.05) is 0 Å². The molecule has 66 valence electrons. The average Bonchev–Trinajstić information content (AvgIpc) is 2.30. The first-order valence-electron chi connectivity index (χ1n) is 3.57. The molecule has 4 nitrogen and oxygen atoms in total. The zero-order chi connectivity index (χ0) is 9.35. The second kappa shape index (κ2) is 2.90. The van der Waals surface area contributed by atoms with Crippen molar-refractivity contribution in [2.75, 3.05) is 0 Å². The van der Waals surface area contributed by atoms with Crippen LogP contribution in [-0.4, -0.2) is 20.1 Å². The molecule has 0 aliphatic rings. The Morgan fingerprint density at radius 3 is 2.42 bits per heavy atom. The van der Waals surface area contributed by atoms with E-state index in [4.69, 9.17) is 0 Å². The average molecular weight is 185 g/mol. The smallest absolute Gasteiger partial charge is 0.238 e. The van der Waals surface area contributed by atoms with Crippen molar-refractivity contribution in [3.05, 3.63) is 11.9 Å². The zero-order valence-electron chi connectivity index (χ0n) is 7.27. The van der Waals surface area contributed by atoms with Crippen molar-refractivity contribution in [2.24, 2.45) is 0 Å². The third-order valence-corrected chi connectivity index (χ3v) is 1.63. The molecule has 1 aromatic heterocycles. The summed E-state index contributed by atoms with van der Waals surface area (Å²) in [7, 11) is 0. The van der Waals surface area contributed by atoms with Crippen LogP contribution >= 0.6 is 12.6 Å². The Morgan fingerprint density at radius 1 is 1.58 bits per heavy atom. The van der Waals surface area contributed by atoms with E-state index in [9.17, 15) is 4.79 Å². The molecule has 0 spiro atoms. The number of nitrogens with zero attached hydrogens (tertiary/aromatic N) is 3. The topological polar surface area (TPSA) is 47.8 Å². The minimum absolute atomic E-state index is 0.144. The molecule has 1 rings (SSSR count). The van der Waals surface area contributed by atoms with Crippen molar-refractivity contribution in [1.29, 1.82) is 0 Å². The molecule has 0 amide bonds. The molecule has 0 aliphatic heterocycles. The number of thiol groups is 1. The van der Waals surface area contributed by atoms with Crippen LogP contribution in [0.1, 0.15) is 31.3 Å². The zero-order valence-corrected chi connectivity index (χ0v) is 8.17. The van der Waals surface area contributed by atoms with Crippen LogP contribution in [0.4, 0.5) is 0 Å². The maximum Gasteiger partial charge on any atom is 0.238 e. The van der Waals surface area contributed by atoms with Gasteiger partial charge in [0.2, 0.25) is 5.12 Å². The highest BCUT2D eigenvalue weighted by atomic mass is 32.1. The molecule has 12 heavy (non-hydrogen) atoms. The first-order valence-corrected chi connectivity index (χ1v) is 4.02. The van der Waals surface area contributed by atoms with E-state index in [2.05, 4.69) is 22.9 Å². The molecule has 5 heteroatoms. The van der Waals surface area contributed by atoms with Crippen LogP contribution in [0.3, 0.4) is 0 Å². The van der Waals surface area contributed by atoms with Crippen LogP contribution in [0.2, 0.25) is 0 Å². The Labute approximate surface area is 76.4 Å². The summed E-state index contributed by atoms with van der Waals surface area (Å²) in [5.41, 5.74) is 0.141. The van der Waals surface area contributed by atoms with Crippen LogP contribution in [0.25, 0.3) is 0 Å². The van der Waals surface area contributed by atoms with Crippen LogP contribution in [0.5, 0.6) is 0 Å². The Bertz CT molecular complexity index is 300. The van der Waals surface area contributed by atoms with Crippen LogP contribution in [-0.2, 0) is 5.54 Å². The minimum atomic E-state index is -0.356. The largest absolute Gasteiger partial charge is 0.280 e. The summed E-state index contributed by atoms with van der Waals surface area (Å²) in [6.45, 7) is 5.94. The maximum absolute atomic E-state index is 10.7. The predicted molar refractivity (Wildman–Crippen MR) is 48.3 cm³/mol. The highest BCUT2D eigenvalue weighted by Gasteiger charge is 2.16. The lowest BCUT2D eigenvalue weighted by atomic mass is 10.1. The third-order valence-electron chi connectivity index (χ3n) is 1.40. The van der Waals surface area contributed by atoms with Gasteiger partial charge in [0.05, 0.1) is 11.7 Å². The van der Waals surface area contributed by atoms with Crippen molar-refractivity contribution >= 4 is 17.7 Å². The number of hydrogen-bond acceptors (Lipinski definition) is 3. The molecule has 1 aromatic rings. The van der Waals surface area contributed by atoms with Gasteiger partial charge in [-0.05, 0) is 20.8 Å². The van der Waals surface area contributed by atoms with Crippen LogP contribution in [0.15, 0.2) is 6.20 Å². The van der Waals surface area contributed by atoms with E-state index in [1.165, 1.54) is 0 Å². The Hall–Kier alpha value is -0.840. The number of hydrogen-bond donors (Lipinski definition) is 1. The summed E-state index contributed by atoms with van der Waals surface area (Å²) in [6.07, 6.45) is 1.59. The van der Waals surface area contributed by atoms with Crippen molar-refractivity contribution in [2.45, 2.75) is 26.3 Å². The van der Waals surface area contributed by atoms with Gasteiger partial charge in [0.15, 0.2) is 5.69 Å². The molecule has 0 bridgehead atoms. The van der Waals surface area contributed by atoms with Crippen molar-refractivity contribution in [3.8, 4) is 0 Å². The molecule has 0 aliphatic carbocycles. The van der Waals surface area contributed by atoms with Crippen LogP contribution < -0.4 is 0 Å². The van der Waals surface area contributed by atoms with Gasteiger partial charge >= 0.3 is 0 Å². The van der Waals surface area contributed by atoms with Gasteiger partial charge in [-0.3, -0.25) is 4.79 Å². The van der Waals surface area contributed by atoms with E-state index in [0.717, 1.165) is 0 Å². The molecule has 0 N–H and O–H groups in total. The third kappa shape index (κ3) is 1.85. The lowest BCUT2D eigenvalue weighted by Gasteiger charge is -2.17. The molecule has 0 saturated heterocycles. The summed E-state index contributed by atoms with van der Waals surface area (Å²) in [5, 5.41) is 7.12. The molecule has 1 heterocycles. The van der Waals surface area contributed by atoms with Crippen molar-refractivity contribution in [1.82, 2.24) is 15.0 Å². The van der Waals surface area contributed by atoms with Crippen molar-refractivity contribution in [3.63, 3.8) is 0 Å². The molecule has 0 radical (unpaired) electrons. The second-order valence-corrected chi connectivity index (χ2v) is 3.93. The molecular formula is C7H11N3OS. The number of carbonyl (C=O) groups excluding carboxylic acids is 1. The summed E-state index contributed by atoms with van der Waals surface area (Å²) >= 11 is 3.64. The molecular weight excluding hydrogens is 174 g/mol. The van der Waals surface area contributed by atoms with Gasteiger partial charge in [-0.1, -0.05) is 17.8 Å². The fourth-order valence-corrected chi connectivity index (χ4v) is 0.792. The summed E-state index contributed by atoms with van der Waals surface area (Å²) < 4.78 is 1.64. The first-order chi connectivity index (χ1) is 5.41.